The van der Waals surface area contributed by atoms with Crippen LogP contribution >= 0.6 is 0 Å². The molecule has 0 aliphatic carbocycles. The summed E-state index contributed by atoms with van der Waals surface area (Å²) in [4.78, 5) is 5.01. The van der Waals surface area contributed by atoms with Crippen molar-refractivity contribution in [2.45, 2.75) is 39.3 Å². The number of rotatable bonds is 2. The molecule has 1 atom stereocenters. The van der Waals surface area contributed by atoms with Crippen molar-refractivity contribution in [3.05, 3.63) is 0 Å². The number of nitrogens with zero attached hydrogens (tertiary/aromatic N) is 2. The largest absolute Gasteiger partial charge is 0.327 e. The van der Waals surface area contributed by atoms with Crippen LogP contribution in [0.3, 0.4) is 0 Å². The maximum Gasteiger partial charge on any atom is 0.0139 e. The highest BCUT2D eigenvalue weighted by Gasteiger charge is 2.25. The van der Waals surface area contributed by atoms with Crippen LogP contribution in [0.5, 0.6) is 0 Å². The van der Waals surface area contributed by atoms with E-state index < -0.39 is 0 Å². The maximum atomic E-state index is 5.79. The average molecular weight is 199 g/mol. The minimum atomic E-state index is 0.302. The van der Waals surface area contributed by atoms with Crippen LogP contribution in [0.4, 0.5) is 0 Å². The van der Waals surface area contributed by atoms with Gasteiger partial charge in [-0.25, -0.2) is 0 Å². The Bertz CT molecular complexity index is 164. The predicted octanol–water partition coefficient (Wildman–Crippen LogP) is 0.750. The van der Waals surface area contributed by atoms with Crippen molar-refractivity contribution in [1.29, 1.82) is 0 Å². The van der Waals surface area contributed by atoms with E-state index in [9.17, 15) is 0 Å². The third-order valence-electron chi connectivity index (χ3n) is 2.87. The lowest BCUT2D eigenvalue weighted by Crippen LogP contribution is -2.54. The van der Waals surface area contributed by atoms with Crippen LogP contribution in [-0.2, 0) is 0 Å². The second kappa shape index (κ2) is 4.60. The first-order valence-corrected chi connectivity index (χ1v) is 5.62. The molecule has 1 fully saturated rings. The zero-order chi connectivity index (χ0) is 10.8. The zero-order valence-corrected chi connectivity index (χ0v) is 10.1. The molecule has 1 aliphatic heterocycles. The third kappa shape index (κ3) is 3.56. The van der Waals surface area contributed by atoms with Gasteiger partial charge >= 0.3 is 0 Å². The van der Waals surface area contributed by atoms with Gasteiger partial charge in [0.05, 0.1) is 0 Å². The molecule has 2 N–H and O–H groups in total. The summed E-state index contributed by atoms with van der Waals surface area (Å²) in [7, 11) is 0. The van der Waals surface area contributed by atoms with E-state index >= 15 is 0 Å². The van der Waals surface area contributed by atoms with Gasteiger partial charge in [-0.3, -0.25) is 9.80 Å². The molecule has 0 radical (unpaired) electrons. The summed E-state index contributed by atoms with van der Waals surface area (Å²) < 4.78 is 0. The molecule has 1 unspecified atom stereocenters. The van der Waals surface area contributed by atoms with Crippen molar-refractivity contribution in [3.63, 3.8) is 0 Å². The Hall–Kier alpha value is -0.120. The quantitative estimate of drug-likeness (QED) is 0.712. The highest BCUT2D eigenvalue weighted by molar-refractivity contribution is 4.82. The minimum absolute atomic E-state index is 0.302. The van der Waals surface area contributed by atoms with Crippen molar-refractivity contribution in [2.75, 3.05) is 32.7 Å². The Kier molecular flexibility index (Phi) is 3.93. The summed E-state index contributed by atoms with van der Waals surface area (Å²) in [6.07, 6.45) is 0. The van der Waals surface area contributed by atoms with Crippen LogP contribution in [0.25, 0.3) is 0 Å². The standard InChI is InChI=1S/C11H25N3/c1-10(12)9-13-5-7-14(8-6-13)11(2,3)4/h10H,5-9,12H2,1-4H3. The van der Waals surface area contributed by atoms with Crippen LogP contribution in [0.2, 0.25) is 0 Å². The molecule has 3 heteroatoms. The first-order chi connectivity index (χ1) is 6.39. The molecule has 0 aromatic rings. The molecule has 14 heavy (non-hydrogen) atoms. The summed E-state index contributed by atoms with van der Waals surface area (Å²) in [6, 6.07) is 0.302. The molecule has 1 aliphatic rings. The van der Waals surface area contributed by atoms with Gasteiger partial charge in [-0.15, -0.1) is 0 Å². The van der Waals surface area contributed by atoms with Crippen molar-refractivity contribution in [3.8, 4) is 0 Å². The van der Waals surface area contributed by atoms with Crippen molar-refractivity contribution in [1.82, 2.24) is 9.80 Å². The number of hydrogen-bond acceptors (Lipinski definition) is 3. The van der Waals surface area contributed by atoms with E-state index in [2.05, 4.69) is 37.5 Å². The fourth-order valence-electron chi connectivity index (χ4n) is 2.01. The van der Waals surface area contributed by atoms with Gasteiger partial charge in [0.2, 0.25) is 0 Å². The lowest BCUT2D eigenvalue weighted by Gasteiger charge is -2.42. The molecular weight excluding hydrogens is 174 g/mol. The number of hydrogen-bond donors (Lipinski definition) is 1. The van der Waals surface area contributed by atoms with Gasteiger partial charge in [0.1, 0.15) is 0 Å². The van der Waals surface area contributed by atoms with Crippen LogP contribution in [-0.4, -0.2) is 54.1 Å². The number of piperazine rings is 1. The molecule has 1 rings (SSSR count). The van der Waals surface area contributed by atoms with Gasteiger partial charge in [-0.1, -0.05) is 0 Å². The minimum Gasteiger partial charge on any atom is -0.327 e. The first kappa shape index (κ1) is 12.0. The molecule has 0 amide bonds. The van der Waals surface area contributed by atoms with E-state index in [0.717, 1.165) is 6.54 Å². The van der Waals surface area contributed by atoms with E-state index in [0.29, 0.717) is 11.6 Å². The molecule has 0 aromatic carbocycles. The summed E-state index contributed by atoms with van der Waals surface area (Å²) in [5, 5.41) is 0. The summed E-state index contributed by atoms with van der Waals surface area (Å²) in [6.45, 7) is 14.7. The topological polar surface area (TPSA) is 32.5 Å². The second-order valence-electron chi connectivity index (χ2n) is 5.44. The first-order valence-electron chi connectivity index (χ1n) is 5.62. The van der Waals surface area contributed by atoms with E-state index in [1.54, 1.807) is 0 Å². The summed E-state index contributed by atoms with van der Waals surface area (Å²) >= 11 is 0. The van der Waals surface area contributed by atoms with Gasteiger partial charge in [0.15, 0.2) is 0 Å². The van der Waals surface area contributed by atoms with Crippen LogP contribution < -0.4 is 5.73 Å². The van der Waals surface area contributed by atoms with Gasteiger partial charge in [0, 0.05) is 44.3 Å². The Morgan fingerprint density at radius 1 is 1.14 bits per heavy atom. The maximum absolute atomic E-state index is 5.79. The van der Waals surface area contributed by atoms with E-state index in [1.807, 2.05) is 0 Å². The summed E-state index contributed by atoms with van der Waals surface area (Å²) in [5.74, 6) is 0. The van der Waals surface area contributed by atoms with Crippen molar-refractivity contribution >= 4 is 0 Å². The summed E-state index contributed by atoms with van der Waals surface area (Å²) in [5.41, 5.74) is 6.11. The van der Waals surface area contributed by atoms with Gasteiger partial charge < -0.3 is 5.73 Å². The zero-order valence-electron chi connectivity index (χ0n) is 10.1. The van der Waals surface area contributed by atoms with Crippen molar-refractivity contribution in [2.24, 2.45) is 5.73 Å². The predicted molar refractivity (Wildman–Crippen MR) is 61.4 cm³/mol. The SMILES string of the molecule is CC(N)CN1CCN(C(C)(C)C)CC1. The monoisotopic (exact) mass is 199 g/mol. The fourth-order valence-corrected chi connectivity index (χ4v) is 2.01. The normalized spacial score (nSPS) is 23.8. The smallest absolute Gasteiger partial charge is 0.0139 e. The molecule has 1 saturated heterocycles. The highest BCUT2D eigenvalue weighted by Crippen LogP contribution is 2.15. The van der Waals surface area contributed by atoms with Crippen LogP contribution in [0.15, 0.2) is 0 Å². The molecule has 3 nitrogen and oxygen atoms in total. The Morgan fingerprint density at radius 2 is 1.64 bits per heavy atom. The Labute approximate surface area is 88.2 Å². The van der Waals surface area contributed by atoms with Gasteiger partial charge in [0.25, 0.3) is 0 Å². The lowest BCUT2D eigenvalue weighted by atomic mass is 10.0. The molecule has 0 spiro atoms. The highest BCUT2D eigenvalue weighted by atomic mass is 15.3. The molecule has 0 aromatic heterocycles. The molecule has 1 heterocycles. The lowest BCUT2D eigenvalue weighted by molar-refractivity contribution is 0.0606. The average Bonchev–Trinajstić information content (AvgIpc) is 2.02. The fraction of sp³-hybridized carbons (Fsp3) is 1.00. The Morgan fingerprint density at radius 3 is 2.00 bits per heavy atom. The van der Waals surface area contributed by atoms with Crippen LogP contribution in [0, 0.1) is 0 Å². The van der Waals surface area contributed by atoms with Gasteiger partial charge in [-0.2, -0.15) is 0 Å². The van der Waals surface area contributed by atoms with Gasteiger partial charge in [-0.05, 0) is 27.7 Å². The number of nitrogens with two attached hydrogens (primary N) is 1. The third-order valence-corrected chi connectivity index (χ3v) is 2.87. The molecule has 84 valence electrons. The Balaban J connectivity index is 2.31. The molecule has 0 bridgehead atoms. The van der Waals surface area contributed by atoms with E-state index in [-0.39, 0.29) is 0 Å². The van der Waals surface area contributed by atoms with E-state index in [1.165, 1.54) is 26.2 Å². The molecule has 0 saturated carbocycles. The molecular formula is C11H25N3. The van der Waals surface area contributed by atoms with Crippen LogP contribution in [0.1, 0.15) is 27.7 Å². The van der Waals surface area contributed by atoms with E-state index in [4.69, 9.17) is 5.73 Å². The van der Waals surface area contributed by atoms with Crippen molar-refractivity contribution < 1.29 is 0 Å². The second-order valence-corrected chi connectivity index (χ2v) is 5.44.